The Balaban J connectivity index is 1.18. The van der Waals surface area contributed by atoms with Gasteiger partial charge >= 0.3 is 0 Å². The zero-order valence-electron chi connectivity index (χ0n) is 22.7. The van der Waals surface area contributed by atoms with Crippen LogP contribution in [0.2, 0.25) is 0 Å². The fourth-order valence-corrected chi connectivity index (χ4v) is 5.56. The number of aromatic nitrogens is 6. The normalized spacial score (nSPS) is 17.9. The van der Waals surface area contributed by atoms with Gasteiger partial charge in [0.2, 0.25) is 11.8 Å². The molecule has 0 unspecified atom stereocenters. The molecule has 0 spiro atoms. The number of carbonyl (C=O) groups excluding carboxylic acids is 2. The van der Waals surface area contributed by atoms with Crippen LogP contribution in [0.3, 0.4) is 0 Å². The van der Waals surface area contributed by atoms with Crippen LogP contribution in [0.25, 0.3) is 0 Å². The standard InChI is InChI=1S/C28H36N8O3/c1-16(2)36-23(10-11-29-36)26(37)32-25(24(18-6-7-18)19-8-9-19)27(38)31-21-13-30-35(15-21)14-20-12-22(17-4-5-17)33-34-28(20)39-3/h10-13,15-19,24-25H,4-9,14H2,1-3H3,(H,31,38)(H,32,37)/t25-/m0/s1. The van der Waals surface area contributed by atoms with Crippen LogP contribution >= 0.6 is 0 Å². The van der Waals surface area contributed by atoms with E-state index in [4.69, 9.17) is 4.74 Å². The van der Waals surface area contributed by atoms with Crippen LogP contribution in [0.5, 0.6) is 5.88 Å². The summed E-state index contributed by atoms with van der Waals surface area (Å²) in [5, 5.41) is 23.4. The third kappa shape index (κ3) is 5.67. The van der Waals surface area contributed by atoms with Gasteiger partial charge in [0.1, 0.15) is 11.7 Å². The van der Waals surface area contributed by atoms with Crippen molar-refractivity contribution >= 4 is 17.5 Å². The van der Waals surface area contributed by atoms with Crippen LogP contribution in [0.15, 0.2) is 30.7 Å². The Morgan fingerprint density at radius 3 is 2.46 bits per heavy atom. The first-order chi connectivity index (χ1) is 18.9. The fraction of sp³-hybridized carbons (Fsp3) is 0.571. The highest BCUT2D eigenvalue weighted by Gasteiger charge is 2.48. The molecule has 0 bridgehead atoms. The zero-order valence-corrected chi connectivity index (χ0v) is 22.7. The van der Waals surface area contributed by atoms with Crippen molar-refractivity contribution in [3.8, 4) is 5.88 Å². The van der Waals surface area contributed by atoms with Gasteiger partial charge in [-0.25, -0.2) is 0 Å². The topological polar surface area (TPSA) is 129 Å². The maximum atomic E-state index is 13.7. The van der Waals surface area contributed by atoms with Crippen molar-refractivity contribution in [2.75, 3.05) is 12.4 Å². The van der Waals surface area contributed by atoms with E-state index in [0.29, 0.717) is 41.6 Å². The van der Waals surface area contributed by atoms with E-state index in [1.165, 1.54) is 0 Å². The molecule has 39 heavy (non-hydrogen) atoms. The molecule has 2 N–H and O–H groups in total. The van der Waals surface area contributed by atoms with E-state index in [-0.39, 0.29) is 23.8 Å². The SMILES string of the molecule is COc1nnc(C2CC2)cc1Cn1cc(NC(=O)[C@@H](NC(=O)c2ccnn2C(C)C)C(C2CC2)C2CC2)cn1. The summed E-state index contributed by atoms with van der Waals surface area (Å²) >= 11 is 0. The van der Waals surface area contributed by atoms with Crippen molar-refractivity contribution in [2.24, 2.45) is 17.8 Å². The van der Waals surface area contributed by atoms with Crippen molar-refractivity contribution in [1.29, 1.82) is 0 Å². The second-order valence-electron chi connectivity index (χ2n) is 11.5. The minimum absolute atomic E-state index is 0.0381. The summed E-state index contributed by atoms with van der Waals surface area (Å²) in [7, 11) is 1.58. The molecule has 3 aliphatic rings. The molecule has 3 fully saturated rings. The van der Waals surface area contributed by atoms with E-state index in [9.17, 15) is 9.59 Å². The molecule has 3 saturated carbocycles. The van der Waals surface area contributed by atoms with Gasteiger partial charge in [-0.05, 0) is 82.3 Å². The molecular formula is C28H36N8O3. The Labute approximate surface area is 227 Å². The molecule has 11 heteroatoms. The van der Waals surface area contributed by atoms with E-state index >= 15 is 0 Å². The lowest BCUT2D eigenvalue weighted by Crippen LogP contribution is -2.50. The number of nitrogens with one attached hydrogen (secondary N) is 2. The summed E-state index contributed by atoms with van der Waals surface area (Å²) in [6, 6.07) is 3.15. The lowest BCUT2D eigenvalue weighted by molar-refractivity contribution is -0.119. The van der Waals surface area contributed by atoms with E-state index < -0.39 is 6.04 Å². The Morgan fingerprint density at radius 1 is 1.08 bits per heavy atom. The fourth-order valence-electron chi connectivity index (χ4n) is 5.56. The highest BCUT2D eigenvalue weighted by atomic mass is 16.5. The monoisotopic (exact) mass is 532 g/mol. The lowest BCUT2D eigenvalue weighted by atomic mass is 9.88. The van der Waals surface area contributed by atoms with Gasteiger partial charge in [-0.2, -0.15) is 15.3 Å². The van der Waals surface area contributed by atoms with Crippen LogP contribution in [-0.2, 0) is 11.3 Å². The van der Waals surface area contributed by atoms with Crippen molar-refractivity contribution in [3.05, 3.63) is 47.7 Å². The smallest absolute Gasteiger partial charge is 0.270 e. The molecule has 0 aromatic carbocycles. The summed E-state index contributed by atoms with van der Waals surface area (Å²) < 4.78 is 8.86. The van der Waals surface area contributed by atoms with Gasteiger partial charge in [0.05, 0.1) is 31.2 Å². The van der Waals surface area contributed by atoms with E-state index in [2.05, 4.69) is 31.0 Å². The third-order valence-electron chi connectivity index (χ3n) is 7.95. The third-order valence-corrected chi connectivity index (χ3v) is 7.95. The van der Waals surface area contributed by atoms with Crippen LogP contribution in [0, 0.1) is 17.8 Å². The quantitative estimate of drug-likeness (QED) is 0.365. The summed E-state index contributed by atoms with van der Waals surface area (Å²) in [4.78, 5) is 27.1. The predicted octanol–water partition coefficient (Wildman–Crippen LogP) is 3.56. The Kier molecular flexibility index (Phi) is 6.82. The highest BCUT2D eigenvalue weighted by Crippen LogP contribution is 2.51. The summed E-state index contributed by atoms with van der Waals surface area (Å²) in [6.07, 6.45) is 11.7. The second-order valence-corrected chi connectivity index (χ2v) is 11.5. The summed E-state index contributed by atoms with van der Waals surface area (Å²) in [5.41, 5.74) is 2.92. The number of ether oxygens (including phenoxy) is 1. The van der Waals surface area contributed by atoms with Gasteiger partial charge in [-0.1, -0.05) is 0 Å². The second kappa shape index (κ2) is 10.4. The van der Waals surface area contributed by atoms with Crippen LogP contribution in [0.1, 0.15) is 86.1 Å². The average molecular weight is 533 g/mol. The van der Waals surface area contributed by atoms with E-state index in [1.54, 1.807) is 41.1 Å². The summed E-state index contributed by atoms with van der Waals surface area (Å²) in [6.45, 7) is 4.40. The molecule has 206 valence electrons. The van der Waals surface area contributed by atoms with Gasteiger partial charge in [-0.3, -0.25) is 19.0 Å². The molecule has 3 heterocycles. The molecule has 6 rings (SSSR count). The van der Waals surface area contributed by atoms with Crippen molar-refractivity contribution in [1.82, 2.24) is 35.1 Å². The van der Waals surface area contributed by atoms with Crippen molar-refractivity contribution < 1.29 is 14.3 Å². The maximum absolute atomic E-state index is 13.7. The number of hydrogen-bond donors (Lipinski definition) is 2. The number of methoxy groups -OCH3 is 1. The Bertz CT molecular complexity index is 1340. The predicted molar refractivity (Wildman–Crippen MR) is 143 cm³/mol. The Morgan fingerprint density at radius 2 is 1.82 bits per heavy atom. The first-order valence-electron chi connectivity index (χ1n) is 14.0. The van der Waals surface area contributed by atoms with Gasteiger partial charge in [0, 0.05) is 29.9 Å². The maximum Gasteiger partial charge on any atom is 0.270 e. The number of rotatable bonds is 12. The minimum atomic E-state index is -0.623. The molecule has 0 saturated heterocycles. The lowest BCUT2D eigenvalue weighted by Gasteiger charge is -2.27. The largest absolute Gasteiger partial charge is 0.480 e. The average Bonchev–Trinajstić information content (AvgIpc) is 3.83. The van der Waals surface area contributed by atoms with Gasteiger partial charge < -0.3 is 15.4 Å². The molecule has 3 aliphatic carbocycles. The molecule has 1 atom stereocenters. The van der Waals surface area contributed by atoms with E-state index in [0.717, 1.165) is 49.8 Å². The molecule has 2 amide bonds. The molecule has 11 nitrogen and oxygen atoms in total. The number of amides is 2. The van der Waals surface area contributed by atoms with Gasteiger partial charge in [0.15, 0.2) is 0 Å². The Hall–Kier alpha value is -3.76. The zero-order chi connectivity index (χ0) is 27.1. The number of carbonyl (C=O) groups is 2. The highest BCUT2D eigenvalue weighted by molar-refractivity contribution is 6.00. The number of anilines is 1. The number of nitrogens with zero attached hydrogens (tertiary/aromatic N) is 6. The first kappa shape index (κ1) is 25.5. The van der Waals surface area contributed by atoms with Crippen molar-refractivity contribution in [3.63, 3.8) is 0 Å². The molecule has 3 aromatic heterocycles. The van der Waals surface area contributed by atoms with Crippen LogP contribution in [0.4, 0.5) is 5.69 Å². The van der Waals surface area contributed by atoms with Crippen LogP contribution < -0.4 is 15.4 Å². The molecular weight excluding hydrogens is 496 g/mol. The molecule has 0 radical (unpaired) electrons. The molecule has 0 aliphatic heterocycles. The van der Waals surface area contributed by atoms with Gasteiger partial charge in [0.25, 0.3) is 5.91 Å². The molecule has 3 aromatic rings. The van der Waals surface area contributed by atoms with E-state index in [1.807, 2.05) is 19.9 Å². The van der Waals surface area contributed by atoms with Crippen molar-refractivity contribution in [2.45, 2.75) is 76.9 Å². The van der Waals surface area contributed by atoms with Crippen LogP contribution in [-0.4, -0.2) is 54.7 Å². The summed E-state index contributed by atoms with van der Waals surface area (Å²) in [5.74, 6) is 1.55. The minimum Gasteiger partial charge on any atom is -0.480 e. The first-order valence-corrected chi connectivity index (χ1v) is 14.0. The number of hydrogen-bond acceptors (Lipinski definition) is 7. The van der Waals surface area contributed by atoms with Gasteiger partial charge in [-0.15, -0.1) is 5.10 Å².